The molecule has 1 aliphatic rings. The maximum Gasteiger partial charge on any atom is 0.323 e. The van der Waals surface area contributed by atoms with Crippen LogP contribution in [0.5, 0.6) is 0 Å². The Labute approximate surface area is 133 Å². The molecule has 22 heavy (non-hydrogen) atoms. The van der Waals surface area contributed by atoms with Gasteiger partial charge in [-0.3, -0.25) is 4.79 Å². The maximum atomic E-state index is 12.3. The van der Waals surface area contributed by atoms with Crippen molar-refractivity contribution in [2.45, 2.75) is 58.2 Å². The maximum absolute atomic E-state index is 12.3. The van der Waals surface area contributed by atoms with Crippen molar-refractivity contribution < 1.29 is 9.53 Å². The summed E-state index contributed by atoms with van der Waals surface area (Å²) < 4.78 is 5.27. The Balaban J connectivity index is 2.00. The van der Waals surface area contributed by atoms with Crippen molar-refractivity contribution in [3.8, 4) is 0 Å². The van der Waals surface area contributed by atoms with E-state index < -0.39 is 0 Å². The minimum absolute atomic E-state index is 0.107. The van der Waals surface area contributed by atoms with E-state index in [2.05, 4.69) is 17.4 Å². The summed E-state index contributed by atoms with van der Waals surface area (Å²) in [5, 5.41) is 3.43. The second-order valence-electron chi connectivity index (χ2n) is 6.03. The van der Waals surface area contributed by atoms with E-state index in [-0.39, 0.29) is 12.0 Å². The molecule has 1 aliphatic carbocycles. The first kappa shape index (κ1) is 17.0. The molecule has 0 aliphatic heterocycles. The molecule has 1 saturated carbocycles. The fourth-order valence-corrected chi connectivity index (χ4v) is 3.24. The molecule has 3 N–H and O–H groups in total. The Kier molecular flexibility index (Phi) is 6.87. The Morgan fingerprint density at radius 2 is 2.05 bits per heavy atom. The molecule has 1 aromatic carbocycles. The van der Waals surface area contributed by atoms with Crippen molar-refractivity contribution in [3.63, 3.8) is 0 Å². The van der Waals surface area contributed by atoms with E-state index in [1.165, 1.54) is 19.3 Å². The molecule has 4 nitrogen and oxygen atoms in total. The van der Waals surface area contributed by atoms with E-state index in [9.17, 15) is 4.79 Å². The Bertz CT molecular complexity index is 470. The van der Waals surface area contributed by atoms with Gasteiger partial charge >= 0.3 is 5.97 Å². The second-order valence-corrected chi connectivity index (χ2v) is 6.03. The van der Waals surface area contributed by atoms with Crippen LogP contribution in [0.3, 0.4) is 0 Å². The topological polar surface area (TPSA) is 64.3 Å². The average molecular weight is 304 g/mol. The van der Waals surface area contributed by atoms with E-state index in [0.717, 1.165) is 24.0 Å². The summed E-state index contributed by atoms with van der Waals surface area (Å²) in [6.45, 7) is 3.51. The number of hydrogen-bond donors (Lipinski definition) is 2. The number of carbonyl (C=O) groups is 1. The van der Waals surface area contributed by atoms with Gasteiger partial charge in [-0.25, -0.2) is 0 Å². The summed E-state index contributed by atoms with van der Waals surface area (Å²) in [5.41, 5.74) is 7.96. The molecule has 0 bridgehead atoms. The third-order valence-corrected chi connectivity index (χ3v) is 4.41. The zero-order valence-corrected chi connectivity index (χ0v) is 13.5. The van der Waals surface area contributed by atoms with Crippen LogP contribution in [0.4, 0.5) is 0 Å². The first-order chi connectivity index (χ1) is 10.7. The summed E-state index contributed by atoms with van der Waals surface area (Å²) in [5.74, 6) is 0.287. The molecule has 0 saturated heterocycles. The van der Waals surface area contributed by atoms with Gasteiger partial charge in [-0.1, -0.05) is 43.5 Å². The highest BCUT2D eigenvalue weighted by Crippen LogP contribution is 2.27. The molecular weight excluding hydrogens is 276 g/mol. The fraction of sp³-hybridized carbons (Fsp3) is 0.611. The zero-order valence-electron chi connectivity index (χ0n) is 13.5. The summed E-state index contributed by atoms with van der Waals surface area (Å²) in [6.07, 6.45) is 5.93. The van der Waals surface area contributed by atoms with E-state index in [0.29, 0.717) is 25.6 Å². The quantitative estimate of drug-likeness (QED) is 0.760. The van der Waals surface area contributed by atoms with E-state index in [4.69, 9.17) is 10.5 Å². The SMILES string of the molecule is CCOC(=O)C(NCc1cccc(CN)c1)C1CCCCC1. The molecule has 1 fully saturated rings. The van der Waals surface area contributed by atoms with Gasteiger partial charge in [-0.2, -0.15) is 0 Å². The monoisotopic (exact) mass is 304 g/mol. The molecular formula is C18H28N2O2. The van der Waals surface area contributed by atoms with Crippen molar-refractivity contribution in [3.05, 3.63) is 35.4 Å². The van der Waals surface area contributed by atoms with Crippen molar-refractivity contribution >= 4 is 5.97 Å². The van der Waals surface area contributed by atoms with Gasteiger partial charge in [0.15, 0.2) is 0 Å². The van der Waals surface area contributed by atoms with Crippen LogP contribution in [0.25, 0.3) is 0 Å². The average Bonchev–Trinajstić information content (AvgIpc) is 2.56. The largest absolute Gasteiger partial charge is 0.465 e. The minimum Gasteiger partial charge on any atom is -0.465 e. The lowest BCUT2D eigenvalue weighted by molar-refractivity contribution is -0.147. The highest BCUT2D eigenvalue weighted by molar-refractivity contribution is 5.76. The van der Waals surface area contributed by atoms with Gasteiger partial charge in [-0.15, -0.1) is 0 Å². The van der Waals surface area contributed by atoms with E-state index >= 15 is 0 Å². The predicted molar refractivity (Wildman–Crippen MR) is 88.2 cm³/mol. The van der Waals surface area contributed by atoms with Gasteiger partial charge in [0.05, 0.1) is 6.61 Å². The molecule has 1 aromatic rings. The van der Waals surface area contributed by atoms with Gasteiger partial charge in [0.1, 0.15) is 6.04 Å². The second kappa shape index (κ2) is 8.91. The van der Waals surface area contributed by atoms with Crippen LogP contribution in [0.2, 0.25) is 0 Å². The third-order valence-electron chi connectivity index (χ3n) is 4.41. The van der Waals surface area contributed by atoms with Gasteiger partial charge < -0.3 is 15.8 Å². The summed E-state index contributed by atoms with van der Waals surface area (Å²) in [4.78, 5) is 12.3. The van der Waals surface area contributed by atoms with Crippen LogP contribution in [0.1, 0.15) is 50.2 Å². The van der Waals surface area contributed by atoms with Crippen molar-refractivity contribution in [1.29, 1.82) is 0 Å². The molecule has 0 radical (unpaired) electrons. The van der Waals surface area contributed by atoms with E-state index in [1.54, 1.807) is 0 Å². The van der Waals surface area contributed by atoms with Crippen molar-refractivity contribution in [2.75, 3.05) is 6.61 Å². The number of rotatable bonds is 7. The van der Waals surface area contributed by atoms with Gasteiger partial charge in [0.2, 0.25) is 0 Å². The summed E-state index contributed by atoms with van der Waals surface area (Å²) >= 11 is 0. The van der Waals surface area contributed by atoms with Gasteiger partial charge in [0, 0.05) is 13.1 Å². The number of carbonyl (C=O) groups excluding carboxylic acids is 1. The molecule has 0 spiro atoms. The Morgan fingerprint density at radius 3 is 2.73 bits per heavy atom. The summed E-state index contributed by atoms with van der Waals surface area (Å²) in [6, 6.07) is 8.00. The standard InChI is InChI=1S/C18H28N2O2/c1-2-22-18(21)17(16-9-4-3-5-10-16)20-13-15-8-6-7-14(11-15)12-19/h6-8,11,16-17,20H,2-5,9-10,12-13,19H2,1H3. The molecule has 2 rings (SSSR count). The first-order valence-electron chi connectivity index (χ1n) is 8.42. The third kappa shape index (κ3) is 4.82. The predicted octanol–water partition coefficient (Wildman–Crippen LogP) is 2.75. The highest BCUT2D eigenvalue weighted by Gasteiger charge is 2.30. The van der Waals surface area contributed by atoms with Crippen LogP contribution >= 0.6 is 0 Å². The summed E-state index contributed by atoms with van der Waals surface area (Å²) in [7, 11) is 0. The smallest absolute Gasteiger partial charge is 0.323 e. The number of hydrogen-bond acceptors (Lipinski definition) is 4. The number of nitrogens with two attached hydrogens (primary N) is 1. The molecule has 122 valence electrons. The van der Waals surface area contributed by atoms with Crippen LogP contribution in [-0.2, 0) is 22.6 Å². The van der Waals surface area contributed by atoms with Crippen molar-refractivity contribution in [2.24, 2.45) is 11.7 Å². The number of ether oxygens (including phenoxy) is 1. The Morgan fingerprint density at radius 1 is 1.32 bits per heavy atom. The molecule has 0 heterocycles. The van der Waals surface area contributed by atoms with Crippen LogP contribution in [0, 0.1) is 5.92 Å². The van der Waals surface area contributed by atoms with Crippen molar-refractivity contribution in [1.82, 2.24) is 5.32 Å². The van der Waals surface area contributed by atoms with Crippen LogP contribution < -0.4 is 11.1 Å². The number of nitrogens with one attached hydrogen (secondary N) is 1. The van der Waals surface area contributed by atoms with Crippen LogP contribution in [0.15, 0.2) is 24.3 Å². The lowest BCUT2D eigenvalue weighted by Crippen LogP contribution is -2.44. The minimum atomic E-state index is -0.193. The molecule has 1 unspecified atom stereocenters. The van der Waals surface area contributed by atoms with Crippen LogP contribution in [-0.4, -0.2) is 18.6 Å². The molecule has 4 heteroatoms. The molecule has 1 atom stereocenters. The first-order valence-corrected chi connectivity index (χ1v) is 8.42. The number of esters is 1. The lowest BCUT2D eigenvalue weighted by Gasteiger charge is -2.29. The Hall–Kier alpha value is -1.39. The van der Waals surface area contributed by atoms with E-state index in [1.807, 2.05) is 19.1 Å². The normalized spacial score (nSPS) is 17.2. The lowest BCUT2D eigenvalue weighted by atomic mass is 9.83. The zero-order chi connectivity index (χ0) is 15.8. The fourth-order valence-electron chi connectivity index (χ4n) is 3.24. The highest BCUT2D eigenvalue weighted by atomic mass is 16.5. The molecule has 0 amide bonds. The van der Waals surface area contributed by atoms with Gasteiger partial charge in [0.25, 0.3) is 0 Å². The van der Waals surface area contributed by atoms with Gasteiger partial charge in [-0.05, 0) is 36.8 Å². The number of benzene rings is 1. The molecule has 0 aromatic heterocycles.